The molecule has 0 aliphatic carbocycles. The number of nitrogens with zero attached hydrogens (tertiary/aromatic N) is 1. The Bertz CT molecular complexity index is 285. The second-order valence-corrected chi connectivity index (χ2v) is 6.14. The molecule has 2 atom stereocenters. The molecule has 2 nitrogen and oxygen atoms in total. The van der Waals surface area contributed by atoms with Gasteiger partial charge in [-0.15, -0.1) is 11.3 Å². The van der Waals surface area contributed by atoms with E-state index in [1.807, 2.05) is 11.3 Å². The lowest BCUT2D eigenvalue weighted by Gasteiger charge is -2.30. The summed E-state index contributed by atoms with van der Waals surface area (Å²) in [5.41, 5.74) is 0. The Labute approximate surface area is 110 Å². The van der Waals surface area contributed by atoms with Crippen LogP contribution in [0.25, 0.3) is 0 Å². The fraction of sp³-hybridized carbons (Fsp3) is 0.714. The molecule has 0 amide bonds. The monoisotopic (exact) mass is 254 g/mol. The van der Waals surface area contributed by atoms with Crippen LogP contribution in [-0.2, 0) is 0 Å². The van der Waals surface area contributed by atoms with Crippen LogP contribution in [-0.4, -0.2) is 31.6 Å². The molecule has 0 aliphatic heterocycles. The third-order valence-electron chi connectivity index (χ3n) is 3.30. The first-order chi connectivity index (χ1) is 8.06. The van der Waals surface area contributed by atoms with E-state index >= 15 is 0 Å². The second-order valence-electron chi connectivity index (χ2n) is 5.16. The summed E-state index contributed by atoms with van der Waals surface area (Å²) in [6.45, 7) is 7.88. The average molecular weight is 254 g/mol. The van der Waals surface area contributed by atoms with Crippen molar-refractivity contribution in [3.63, 3.8) is 0 Å². The number of hydrogen-bond acceptors (Lipinski definition) is 3. The number of hydrogen-bond donors (Lipinski definition) is 1. The number of thiophene rings is 1. The number of likely N-dealkylation sites (N-methyl/N-ethyl adjacent to an activating group) is 1. The SMILES string of the molecule is CCC(NCC(C(C)C)N(C)C)c1cccs1. The lowest BCUT2D eigenvalue weighted by molar-refractivity contribution is 0.218. The molecule has 3 heteroatoms. The maximum absolute atomic E-state index is 3.70. The van der Waals surface area contributed by atoms with E-state index in [9.17, 15) is 0 Å². The Hall–Kier alpha value is -0.380. The molecule has 1 heterocycles. The molecular weight excluding hydrogens is 228 g/mol. The summed E-state index contributed by atoms with van der Waals surface area (Å²) >= 11 is 1.85. The molecule has 17 heavy (non-hydrogen) atoms. The number of nitrogens with one attached hydrogen (secondary N) is 1. The van der Waals surface area contributed by atoms with Crippen LogP contribution in [0, 0.1) is 5.92 Å². The zero-order valence-corrected chi connectivity index (χ0v) is 12.6. The molecule has 1 aromatic rings. The van der Waals surface area contributed by atoms with Crippen LogP contribution in [0.2, 0.25) is 0 Å². The molecular formula is C14H26N2S. The molecule has 0 fully saturated rings. The molecule has 0 radical (unpaired) electrons. The minimum atomic E-state index is 0.510. The van der Waals surface area contributed by atoms with Crippen molar-refractivity contribution in [2.45, 2.75) is 39.3 Å². The highest BCUT2D eigenvalue weighted by atomic mass is 32.1. The summed E-state index contributed by atoms with van der Waals surface area (Å²) in [5, 5.41) is 5.86. The third-order valence-corrected chi connectivity index (χ3v) is 4.29. The van der Waals surface area contributed by atoms with Crippen LogP contribution in [0.1, 0.15) is 38.1 Å². The van der Waals surface area contributed by atoms with Gasteiger partial charge in [0.25, 0.3) is 0 Å². The number of rotatable bonds is 7. The van der Waals surface area contributed by atoms with E-state index < -0.39 is 0 Å². The van der Waals surface area contributed by atoms with E-state index in [4.69, 9.17) is 0 Å². The first kappa shape index (κ1) is 14.7. The normalized spacial score (nSPS) is 15.5. The molecule has 1 N–H and O–H groups in total. The van der Waals surface area contributed by atoms with Crippen molar-refractivity contribution in [2.75, 3.05) is 20.6 Å². The standard InChI is InChI=1S/C14H26N2S/c1-6-12(14-8-7-9-17-14)15-10-13(11(2)3)16(4)5/h7-9,11-13,15H,6,10H2,1-5H3. The van der Waals surface area contributed by atoms with Gasteiger partial charge in [0, 0.05) is 23.5 Å². The Morgan fingerprint density at radius 2 is 2.06 bits per heavy atom. The maximum atomic E-state index is 3.70. The van der Waals surface area contributed by atoms with E-state index in [1.165, 1.54) is 4.88 Å². The molecule has 98 valence electrons. The molecule has 0 bridgehead atoms. The second kappa shape index (κ2) is 7.14. The van der Waals surface area contributed by atoms with Crippen molar-refractivity contribution in [3.8, 4) is 0 Å². The molecule has 0 aromatic carbocycles. The van der Waals surface area contributed by atoms with E-state index in [2.05, 4.69) is 62.6 Å². The van der Waals surface area contributed by atoms with Gasteiger partial charge in [0.05, 0.1) is 0 Å². The first-order valence-electron chi connectivity index (χ1n) is 6.49. The maximum Gasteiger partial charge on any atom is 0.0412 e. The van der Waals surface area contributed by atoms with Gasteiger partial charge < -0.3 is 10.2 Å². The van der Waals surface area contributed by atoms with Crippen LogP contribution in [0.5, 0.6) is 0 Å². The van der Waals surface area contributed by atoms with Crippen LogP contribution >= 0.6 is 11.3 Å². The molecule has 0 saturated heterocycles. The Morgan fingerprint density at radius 1 is 1.35 bits per heavy atom. The quantitative estimate of drug-likeness (QED) is 0.802. The molecule has 2 unspecified atom stereocenters. The van der Waals surface area contributed by atoms with Gasteiger partial charge in [0.1, 0.15) is 0 Å². The zero-order chi connectivity index (χ0) is 12.8. The van der Waals surface area contributed by atoms with Crippen molar-refractivity contribution >= 4 is 11.3 Å². The van der Waals surface area contributed by atoms with Gasteiger partial charge in [0.2, 0.25) is 0 Å². The molecule has 0 aliphatic rings. The predicted molar refractivity (Wildman–Crippen MR) is 77.7 cm³/mol. The van der Waals surface area contributed by atoms with Gasteiger partial charge in [-0.2, -0.15) is 0 Å². The van der Waals surface area contributed by atoms with Gasteiger partial charge in [-0.25, -0.2) is 0 Å². The van der Waals surface area contributed by atoms with Crippen LogP contribution < -0.4 is 5.32 Å². The van der Waals surface area contributed by atoms with Gasteiger partial charge >= 0.3 is 0 Å². The topological polar surface area (TPSA) is 15.3 Å². The summed E-state index contributed by atoms with van der Waals surface area (Å²) in [6.07, 6.45) is 1.15. The van der Waals surface area contributed by atoms with Gasteiger partial charge in [0.15, 0.2) is 0 Å². The smallest absolute Gasteiger partial charge is 0.0412 e. The van der Waals surface area contributed by atoms with E-state index in [0.29, 0.717) is 18.0 Å². The summed E-state index contributed by atoms with van der Waals surface area (Å²) in [6, 6.07) is 5.47. The van der Waals surface area contributed by atoms with Crippen molar-refractivity contribution in [2.24, 2.45) is 5.92 Å². The Kier molecular flexibility index (Phi) is 6.17. The van der Waals surface area contributed by atoms with Crippen LogP contribution in [0.4, 0.5) is 0 Å². The molecule has 0 saturated carbocycles. The third kappa shape index (κ3) is 4.41. The molecule has 1 aromatic heterocycles. The Balaban J connectivity index is 2.52. The first-order valence-corrected chi connectivity index (χ1v) is 7.37. The van der Waals surface area contributed by atoms with E-state index in [-0.39, 0.29) is 0 Å². The molecule has 1 rings (SSSR count). The van der Waals surface area contributed by atoms with Crippen molar-refractivity contribution < 1.29 is 0 Å². The molecule has 0 spiro atoms. The van der Waals surface area contributed by atoms with Crippen molar-refractivity contribution in [1.82, 2.24) is 10.2 Å². The fourth-order valence-corrected chi connectivity index (χ4v) is 3.10. The van der Waals surface area contributed by atoms with Crippen molar-refractivity contribution in [1.29, 1.82) is 0 Å². The largest absolute Gasteiger partial charge is 0.308 e. The van der Waals surface area contributed by atoms with E-state index in [1.54, 1.807) is 0 Å². The summed E-state index contributed by atoms with van der Waals surface area (Å²) < 4.78 is 0. The highest BCUT2D eigenvalue weighted by molar-refractivity contribution is 7.10. The summed E-state index contributed by atoms with van der Waals surface area (Å²) in [7, 11) is 4.33. The van der Waals surface area contributed by atoms with Gasteiger partial charge in [-0.1, -0.05) is 26.8 Å². The highest BCUT2D eigenvalue weighted by Gasteiger charge is 2.18. The van der Waals surface area contributed by atoms with Gasteiger partial charge in [-0.05, 0) is 37.9 Å². The summed E-state index contributed by atoms with van der Waals surface area (Å²) in [4.78, 5) is 3.77. The lowest BCUT2D eigenvalue weighted by Crippen LogP contribution is -2.42. The van der Waals surface area contributed by atoms with Gasteiger partial charge in [-0.3, -0.25) is 0 Å². The Morgan fingerprint density at radius 3 is 2.47 bits per heavy atom. The predicted octanol–water partition coefficient (Wildman–Crippen LogP) is 3.38. The highest BCUT2D eigenvalue weighted by Crippen LogP contribution is 2.22. The van der Waals surface area contributed by atoms with Crippen molar-refractivity contribution in [3.05, 3.63) is 22.4 Å². The minimum absolute atomic E-state index is 0.510. The average Bonchev–Trinajstić information content (AvgIpc) is 2.76. The lowest BCUT2D eigenvalue weighted by atomic mass is 10.0. The minimum Gasteiger partial charge on any atom is -0.308 e. The van der Waals surface area contributed by atoms with E-state index in [0.717, 1.165) is 13.0 Å². The summed E-state index contributed by atoms with van der Waals surface area (Å²) in [5.74, 6) is 0.679. The van der Waals surface area contributed by atoms with Crippen LogP contribution in [0.3, 0.4) is 0 Å². The zero-order valence-electron chi connectivity index (χ0n) is 11.7. The fourth-order valence-electron chi connectivity index (χ4n) is 2.21. The van der Waals surface area contributed by atoms with Crippen LogP contribution in [0.15, 0.2) is 17.5 Å².